The molecule has 1 aromatic carbocycles. The van der Waals surface area contributed by atoms with Gasteiger partial charge in [0.1, 0.15) is 0 Å². The van der Waals surface area contributed by atoms with Crippen LogP contribution in [0.1, 0.15) is 50.2 Å². The van der Waals surface area contributed by atoms with E-state index in [4.69, 9.17) is 0 Å². The van der Waals surface area contributed by atoms with E-state index in [1.165, 1.54) is 5.56 Å². The lowest BCUT2D eigenvalue weighted by Crippen LogP contribution is -2.37. The van der Waals surface area contributed by atoms with Crippen LogP contribution in [0.15, 0.2) is 24.3 Å². The zero-order valence-electron chi connectivity index (χ0n) is 13.2. The summed E-state index contributed by atoms with van der Waals surface area (Å²) in [5.74, 6) is 0.261. The first kappa shape index (κ1) is 15.1. The summed E-state index contributed by atoms with van der Waals surface area (Å²) in [5, 5.41) is 3.02. The summed E-state index contributed by atoms with van der Waals surface area (Å²) in [6.07, 6.45) is 5.02. The van der Waals surface area contributed by atoms with Crippen molar-refractivity contribution in [3.63, 3.8) is 0 Å². The molecule has 4 nitrogen and oxygen atoms in total. The van der Waals surface area contributed by atoms with Crippen LogP contribution in [0, 0.1) is 0 Å². The molecule has 1 N–H and O–H groups in total. The lowest BCUT2D eigenvalue weighted by molar-refractivity contribution is -0.130. The average Bonchev–Trinajstić information content (AvgIpc) is 3.27. The highest BCUT2D eigenvalue weighted by atomic mass is 16.2. The summed E-state index contributed by atoms with van der Waals surface area (Å²) in [6.45, 7) is 2.75. The standard InChI is InChI=1S/C18H24N2O2/c1-2-13-3-5-14(6-4-13)12-20-16(9-10-18(20)22)11-17(21)19-15-7-8-15/h3-6,15-16H,2,7-12H2,1H3,(H,19,21). The van der Waals surface area contributed by atoms with Gasteiger partial charge in [0, 0.05) is 31.5 Å². The zero-order chi connectivity index (χ0) is 15.5. The number of nitrogens with one attached hydrogen (secondary N) is 1. The molecule has 1 aliphatic heterocycles. The minimum atomic E-state index is 0.0529. The lowest BCUT2D eigenvalue weighted by atomic mass is 10.1. The first-order valence-corrected chi connectivity index (χ1v) is 8.32. The van der Waals surface area contributed by atoms with Crippen LogP contribution in [0.25, 0.3) is 0 Å². The van der Waals surface area contributed by atoms with Gasteiger partial charge >= 0.3 is 0 Å². The van der Waals surface area contributed by atoms with Crippen LogP contribution in [0.3, 0.4) is 0 Å². The largest absolute Gasteiger partial charge is 0.353 e. The molecule has 0 radical (unpaired) electrons. The topological polar surface area (TPSA) is 49.4 Å². The van der Waals surface area contributed by atoms with Crippen molar-refractivity contribution in [1.29, 1.82) is 0 Å². The molecule has 1 aliphatic carbocycles. The van der Waals surface area contributed by atoms with Gasteiger partial charge in [0.15, 0.2) is 0 Å². The van der Waals surface area contributed by atoms with Gasteiger partial charge < -0.3 is 10.2 Å². The summed E-state index contributed by atoms with van der Waals surface area (Å²) in [4.78, 5) is 26.0. The highest BCUT2D eigenvalue weighted by molar-refractivity contribution is 5.82. The number of hydrogen-bond donors (Lipinski definition) is 1. The van der Waals surface area contributed by atoms with E-state index in [9.17, 15) is 9.59 Å². The molecule has 0 spiro atoms. The first-order chi connectivity index (χ1) is 10.7. The van der Waals surface area contributed by atoms with Crippen LogP contribution in [-0.4, -0.2) is 28.8 Å². The molecule has 3 rings (SSSR count). The molecular formula is C18H24N2O2. The van der Waals surface area contributed by atoms with Crippen molar-refractivity contribution in [2.45, 2.75) is 64.1 Å². The molecule has 4 heteroatoms. The monoisotopic (exact) mass is 300 g/mol. The Kier molecular flexibility index (Phi) is 4.46. The van der Waals surface area contributed by atoms with E-state index in [1.807, 2.05) is 4.90 Å². The second-order valence-corrected chi connectivity index (χ2v) is 6.43. The second kappa shape index (κ2) is 6.51. The molecule has 1 heterocycles. The van der Waals surface area contributed by atoms with Crippen molar-refractivity contribution >= 4 is 11.8 Å². The third-order valence-corrected chi connectivity index (χ3v) is 4.60. The van der Waals surface area contributed by atoms with Gasteiger partial charge in [0.05, 0.1) is 0 Å². The fraction of sp³-hybridized carbons (Fsp3) is 0.556. The zero-order valence-corrected chi connectivity index (χ0v) is 13.2. The number of aryl methyl sites for hydroxylation is 1. The molecule has 118 valence electrons. The molecule has 1 saturated heterocycles. The van der Waals surface area contributed by atoms with Crippen molar-refractivity contribution in [2.75, 3.05) is 0 Å². The van der Waals surface area contributed by atoms with Crippen LogP contribution >= 0.6 is 0 Å². The molecular weight excluding hydrogens is 276 g/mol. The quantitative estimate of drug-likeness (QED) is 0.877. The molecule has 2 amide bonds. The number of hydrogen-bond acceptors (Lipinski definition) is 2. The van der Waals surface area contributed by atoms with Gasteiger partial charge in [-0.05, 0) is 36.8 Å². The first-order valence-electron chi connectivity index (χ1n) is 8.32. The van der Waals surface area contributed by atoms with Gasteiger partial charge in [-0.1, -0.05) is 31.2 Å². The highest BCUT2D eigenvalue weighted by Gasteiger charge is 2.33. The predicted molar refractivity (Wildman–Crippen MR) is 85.2 cm³/mol. The summed E-state index contributed by atoms with van der Waals surface area (Å²) < 4.78 is 0. The molecule has 2 fully saturated rings. The number of carbonyl (C=O) groups is 2. The van der Waals surface area contributed by atoms with Gasteiger partial charge in [-0.25, -0.2) is 0 Å². The smallest absolute Gasteiger partial charge is 0.223 e. The number of rotatable bonds is 6. The molecule has 0 aromatic heterocycles. The van der Waals surface area contributed by atoms with Crippen molar-refractivity contribution in [3.8, 4) is 0 Å². The van der Waals surface area contributed by atoms with Gasteiger partial charge in [-0.15, -0.1) is 0 Å². The SMILES string of the molecule is CCc1ccc(CN2C(=O)CCC2CC(=O)NC2CC2)cc1. The third-order valence-electron chi connectivity index (χ3n) is 4.60. The third kappa shape index (κ3) is 3.67. The molecule has 1 unspecified atom stereocenters. The lowest BCUT2D eigenvalue weighted by Gasteiger charge is -2.24. The Morgan fingerprint density at radius 1 is 1.18 bits per heavy atom. The summed E-state index contributed by atoms with van der Waals surface area (Å²) in [6, 6.07) is 8.85. The number of nitrogens with zero attached hydrogens (tertiary/aromatic N) is 1. The van der Waals surface area contributed by atoms with E-state index in [-0.39, 0.29) is 17.9 Å². The predicted octanol–water partition coefficient (Wildman–Crippen LogP) is 2.41. The van der Waals surface area contributed by atoms with Crippen LogP contribution in [0.2, 0.25) is 0 Å². The second-order valence-electron chi connectivity index (χ2n) is 6.43. The maximum absolute atomic E-state index is 12.1. The Bertz CT molecular complexity index is 549. The van der Waals surface area contributed by atoms with E-state index in [2.05, 4.69) is 36.5 Å². The van der Waals surface area contributed by atoms with Crippen molar-refractivity contribution < 1.29 is 9.59 Å². The van der Waals surface area contributed by atoms with E-state index in [0.717, 1.165) is 31.2 Å². The number of amides is 2. The highest BCUT2D eigenvalue weighted by Crippen LogP contribution is 2.25. The number of likely N-dealkylation sites (tertiary alicyclic amines) is 1. The summed E-state index contributed by atoms with van der Waals surface area (Å²) in [7, 11) is 0. The van der Waals surface area contributed by atoms with Crippen LogP contribution in [-0.2, 0) is 22.6 Å². The van der Waals surface area contributed by atoms with Crippen molar-refractivity contribution in [1.82, 2.24) is 10.2 Å². The molecule has 22 heavy (non-hydrogen) atoms. The molecule has 2 aliphatic rings. The maximum atomic E-state index is 12.1. The van der Waals surface area contributed by atoms with E-state index in [1.54, 1.807) is 0 Å². The maximum Gasteiger partial charge on any atom is 0.223 e. The van der Waals surface area contributed by atoms with Crippen LogP contribution < -0.4 is 5.32 Å². The fourth-order valence-electron chi connectivity index (χ4n) is 3.03. The molecule has 1 aromatic rings. The van der Waals surface area contributed by atoms with Gasteiger partial charge in [0.25, 0.3) is 0 Å². The van der Waals surface area contributed by atoms with Crippen LogP contribution in [0.4, 0.5) is 0 Å². The summed E-state index contributed by atoms with van der Waals surface area (Å²) in [5.41, 5.74) is 2.44. The molecule has 1 saturated carbocycles. The van der Waals surface area contributed by atoms with Crippen LogP contribution in [0.5, 0.6) is 0 Å². The number of carbonyl (C=O) groups excluding carboxylic acids is 2. The van der Waals surface area contributed by atoms with Gasteiger partial charge in [0.2, 0.25) is 11.8 Å². The minimum absolute atomic E-state index is 0.0529. The fourth-order valence-corrected chi connectivity index (χ4v) is 3.03. The van der Waals surface area contributed by atoms with E-state index >= 15 is 0 Å². The molecule has 1 atom stereocenters. The Morgan fingerprint density at radius 3 is 2.50 bits per heavy atom. The van der Waals surface area contributed by atoms with Gasteiger partial charge in [-0.3, -0.25) is 9.59 Å². The van der Waals surface area contributed by atoms with E-state index < -0.39 is 0 Å². The Balaban J connectivity index is 1.60. The van der Waals surface area contributed by atoms with E-state index in [0.29, 0.717) is 25.4 Å². The Labute approximate surface area is 131 Å². The van der Waals surface area contributed by atoms with Crippen molar-refractivity contribution in [2.24, 2.45) is 0 Å². The average molecular weight is 300 g/mol. The Morgan fingerprint density at radius 2 is 1.86 bits per heavy atom. The summed E-state index contributed by atoms with van der Waals surface area (Å²) >= 11 is 0. The normalized spacial score (nSPS) is 21.2. The van der Waals surface area contributed by atoms with Gasteiger partial charge in [-0.2, -0.15) is 0 Å². The molecule has 0 bridgehead atoms. The van der Waals surface area contributed by atoms with Crippen molar-refractivity contribution in [3.05, 3.63) is 35.4 Å². The number of benzene rings is 1. The Hall–Kier alpha value is -1.84. The minimum Gasteiger partial charge on any atom is -0.353 e.